The van der Waals surface area contributed by atoms with Crippen molar-refractivity contribution in [1.29, 1.82) is 0 Å². The molecule has 1 unspecified atom stereocenters. The Morgan fingerprint density at radius 1 is 1.00 bits per heavy atom. The van der Waals surface area contributed by atoms with Crippen molar-refractivity contribution in [2.45, 2.75) is 17.9 Å². The summed E-state index contributed by atoms with van der Waals surface area (Å²) in [6, 6.07) is 13.1. The fraction of sp³-hybridized carbons (Fsp3) is 0.400. The van der Waals surface area contributed by atoms with Crippen molar-refractivity contribution >= 4 is 10.0 Å². The second kappa shape index (κ2) is 8.48. The zero-order chi connectivity index (χ0) is 19.4. The van der Waals surface area contributed by atoms with Crippen molar-refractivity contribution in [3.05, 3.63) is 65.5 Å². The summed E-state index contributed by atoms with van der Waals surface area (Å²) >= 11 is 0. The minimum atomic E-state index is -3.69. The Morgan fingerprint density at radius 3 is 2.19 bits per heavy atom. The minimum absolute atomic E-state index is 0.0467. The molecule has 0 bridgehead atoms. The molecule has 7 heteroatoms. The molecule has 2 aromatic carbocycles. The Bertz CT molecular complexity index is 846. The second-order valence-corrected chi connectivity index (χ2v) is 8.84. The van der Waals surface area contributed by atoms with Crippen molar-refractivity contribution in [3.63, 3.8) is 0 Å². The number of aryl methyl sites for hydroxylation is 1. The van der Waals surface area contributed by atoms with Gasteiger partial charge < -0.3 is 4.90 Å². The third kappa shape index (κ3) is 5.13. The van der Waals surface area contributed by atoms with Crippen molar-refractivity contribution in [2.24, 2.45) is 0 Å². The monoisotopic (exact) mass is 391 g/mol. The Morgan fingerprint density at radius 2 is 1.59 bits per heavy atom. The first-order chi connectivity index (χ1) is 12.8. The van der Waals surface area contributed by atoms with E-state index in [2.05, 4.69) is 33.7 Å². The molecular weight excluding hydrogens is 365 g/mol. The lowest BCUT2D eigenvalue weighted by molar-refractivity contribution is 0.113. The third-order valence-electron chi connectivity index (χ3n) is 5.03. The van der Waals surface area contributed by atoms with Crippen LogP contribution >= 0.6 is 0 Å². The van der Waals surface area contributed by atoms with E-state index < -0.39 is 15.8 Å². The Labute approximate surface area is 160 Å². The van der Waals surface area contributed by atoms with Gasteiger partial charge in [0.05, 0.1) is 4.90 Å². The van der Waals surface area contributed by atoms with Crippen LogP contribution in [-0.2, 0) is 10.0 Å². The molecule has 3 rings (SSSR count). The zero-order valence-corrected chi connectivity index (χ0v) is 16.5. The number of rotatable bonds is 6. The maximum Gasteiger partial charge on any atom is 0.240 e. The molecule has 27 heavy (non-hydrogen) atoms. The number of halogens is 1. The highest BCUT2D eigenvalue weighted by molar-refractivity contribution is 7.89. The molecule has 1 aliphatic rings. The summed E-state index contributed by atoms with van der Waals surface area (Å²) < 4.78 is 41.0. The summed E-state index contributed by atoms with van der Waals surface area (Å²) in [5.41, 5.74) is 2.26. The van der Waals surface area contributed by atoms with Crippen LogP contribution in [-0.4, -0.2) is 58.0 Å². The summed E-state index contributed by atoms with van der Waals surface area (Å²) in [4.78, 5) is 4.66. The van der Waals surface area contributed by atoms with Gasteiger partial charge in [-0.3, -0.25) is 4.90 Å². The van der Waals surface area contributed by atoms with Crippen LogP contribution < -0.4 is 4.72 Å². The number of benzene rings is 2. The van der Waals surface area contributed by atoms with Gasteiger partial charge in [-0.25, -0.2) is 17.5 Å². The van der Waals surface area contributed by atoms with E-state index in [-0.39, 0.29) is 17.5 Å². The van der Waals surface area contributed by atoms with Gasteiger partial charge in [0.1, 0.15) is 5.82 Å². The van der Waals surface area contributed by atoms with Crippen molar-refractivity contribution in [2.75, 3.05) is 39.8 Å². The van der Waals surface area contributed by atoms with E-state index in [1.807, 2.05) is 19.1 Å². The lowest BCUT2D eigenvalue weighted by Crippen LogP contribution is -2.48. The minimum Gasteiger partial charge on any atom is -0.304 e. The summed E-state index contributed by atoms with van der Waals surface area (Å²) in [6.07, 6.45) is 0. The summed E-state index contributed by atoms with van der Waals surface area (Å²) in [5, 5.41) is 0. The molecule has 0 amide bonds. The predicted octanol–water partition coefficient (Wildman–Crippen LogP) is 2.40. The highest BCUT2D eigenvalue weighted by atomic mass is 32.2. The van der Waals surface area contributed by atoms with Crippen molar-refractivity contribution < 1.29 is 12.8 Å². The molecule has 1 fully saturated rings. The van der Waals surface area contributed by atoms with Crippen LogP contribution in [0.25, 0.3) is 0 Å². The maximum atomic E-state index is 13.1. The fourth-order valence-electron chi connectivity index (χ4n) is 3.27. The maximum absolute atomic E-state index is 13.1. The van der Waals surface area contributed by atoms with E-state index in [0.29, 0.717) is 0 Å². The molecule has 1 aliphatic heterocycles. The normalized spacial score (nSPS) is 17.7. The average molecular weight is 392 g/mol. The highest BCUT2D eigenvalue weighted by Gasteiger charge is 2.26. The molecular formula is C20H26FN3O2S. The Kier molecular flexibility index (Phi) is 6.26. The molecule has 146 valence electrons. The molecule has 1 N–H and O–H groups in total. The van der Waals surface area contributed by atoms with Gasteiger partial charge in [0.25, 0.3) is 0 Å². The first-order valence-corrected chi connectivity index (χ1v) is 10.6. The molecule has 0 radical (unpaired) electrons. The average Bonchev–Trinajstić information content (AvgIpc) is 2.65. The Balaban J connectivity index is 1.78. The van der Waals surface area contributed by atoms with Gasteiger partial charge in [-0.2, -0.15) is 0 Å². The predicted molar refractivity (Wildman–Crippen MR) is 105 cm³/mol. The van der Waals surface area contributed by atoms with E-state index in [9.17, 15) is 12.8 Å². The number of hydrogen-bond acceptors (Lipinski definition) is 4. The summed E-state index contributed by atoms with van der Waals surface area (Å²) in [6.45, 7) is 5.97. The second-order valence-electron chi connectivity index (χ2n) is 7.07. The Hall–Kier alpha value is -1.80. The number of nitrogens with one attached hydrogen (secondary N) is 1. The SMILES string of the molecule is Cc1ccc(C(CNS(=O)(=O)c2ccc(F)cc2)N2CCN(C)CC2)cc1. The van der Waals surface area contributed by atoms with Gasteiger partial charge >= 0.3 is 0 Å². The smallest absolute Gasteiger partial charge is 0.240 e. The van der Waals surface area contributed by atoms with E-state index in [1.54, 1.807) is 0 Å². The van der Waals surface area contributed by atoms with Gasteiger partial charge in [0, 0.05) is 38.8 Å². The molecule has 0 aliphatic carbocycles. The summed E-state index contributed by atoms with van der Waals surface area (Å²) in [7, 11) is -1.60. The third-order valence-corrected chi connectivity index (χ3v) is 6.47. The van der Waals surface area contributed by atoms with Gasteiger partial charge in [-0.05, 0) is 43.8 Å². The molecule has 1 atom stereocenters. The van der Waals surface area contributed by atoms with Gasteiger partial charge in [0.15, 0.2) is 0 Å². The van der Waals surface area contributed by atoms with E-state index in [4.69, 9.17) is 0 Å². The lowest BCUT2D eigenvalue weighted by Gasteiger charge is -2.38. The van der Waals surface area contributed by atoms with Crippen LogP contribution in [0.2, 0.25) is 0 Å². The molecule has 0 saturated carbocycles. The van der Waals surface area contributed by atoms with Crippen LogP contribution in [0.5, 0.6) is 0 Å². The zero-order valence-electron chi connectivity index (χ0n) is 15.7. The van der Waals surface area contributed by atoms with Gasteiger partial charge in [-0.15, -0.1) is 0 Å². The van der Waals surface area contributed by atoms with Crippen LogP contribution in [0, 0.1) is 12.7 Å². The van der Waals surface area contributed by atoms with Crippen LogP contribution in [0.3, 0.4) is 0 Å². The van der Waals surface area contributed by atoms with Crippen molar-refractivity contribution in [1.82, 2.24) is 14.5 Å². The molecule has 5 nitrogen and oxygen atoms in total. The number of nitrogens with zero attached hydrogens (tertiary/aromatic N) is 2. The molecule has 1 saturated heterocycles. The van der Waals surface area contributed by atoms with Gasteiger partial charge in [0.2, 0.25) is 10.0 Å². The number of hydrogen-bond donors (Lipinski definition) is 1. The standard InChI is InChI=1S/C20H26FN3O2S/c1-16-3-5-17(6-4-16)20(24-13-11-23(2)12-14-24)15-22-27(25,26)19-9-7-18(21)8-10-19/h3-10,20,22H,11-15H2,1-2H3. The molecule has 1 heterocycles. The summed E-state index contributed by atoms with van der Waals surface area (Å²) in [5.74, 6) is -0.455. The lowest BCUT2D eigenvalue weighted by atomic mass is 10.0. The van der Waals surface area contributed by atoms with E-state index in [0.717, 1.165) is 43.9 Å². The fourth-order valence-corrected chi connectivity index (χ4v) is 4.30. The van der Waals surface area contributed by atoms with Crippen molar-refractivity contribution in [3.8, 4) is 0 Å². The number of likely N-dealkylation sites (N-methyl/N-ethyl adjacent to an activating group) is 1. The van der Waals surface area contributed by atoms with Crippen LogP contribution in [0.4, 0.5) is 4.39 Å². The topological polar surface area (TPSA) is 52.7 Å². The highest BCUT2D eigenvalue weighted by Crippen LogP contribution is 2.23. The quantitative estimate of drug-likeness (QED) is 0.822. The van der Waals surface area contributed by atoms with E-state index >= 15 is 0 Å². The van der Waals surface area contributed by atoms with E-state index in [1.165, 1.54) is 17.7 Å². The van der Waals surface area contributed by atoms with Crippen LogP contribution in [0.1, 0.15) is 17.2 Å². The largest absolute Gasteiger partial charge is 0.304 e. The first kappa shape index (κ1) is 19.9. The first-order valence-electron chi connectivity index (χ1n) is 9.09. The molecule has 0 aromatic heterocycles. The number of sulfonamides is 1. The van der Waals surface area contributed by atoms with Gasteiger partial charge in [-0.1, -0.05) is 29.8 Å². The molecule has 0 spiro atoms. The van der Waals surface area contributed by atoms with Crippen LogP contribution in [0.15, 0.2) is 53.4 Å². The number of piperazine rings is 1. The molecule has 2 aromatic rings.